The summed E-state index contributed by atoms with van der Waals surface area (Å²) < 4.78 is 65.7. The molecule has 8 aliphatic rings. The molecule has 0 unspecified atom stereocenters. The number of aromatic nitrogens is 4. The summed E-state index contributed by atoms with van der Waals surface area (Å²) in [6.07, 6.45) is 5.68. The predicted molar refractivity (Wildman–Crippen MR) is 267 cm³/mol. The van der Waals surface area contributed by atoms with Gasteiger partial charge in [-0.2, -0.15) is 0 Å². The van der Waals surface area contributed by atoms with E-state index in [2.05, 4.69) is 19.9 Å². The number of phenolic OH excluding ortho intramolecular Hbond substituents is 2. The molecule has 4 N–H and O–H groups in total. The molecule has 19 nitrogen and oxygen atoms in total. The number of carbonyl (C=O) groups is 4. The van der Waals surface area contributed by atoms with Crippen molar-refractivity contribution in [2.45, 2.75) is 67.9 Å². The van der Waals surface area contributed by atoms with Gasteiger partial charge in [0.25, 0.3) is 0 Å². The summed E-state index contributed by atoms with van der Waals surface area (Å²) in [6, 6.07) is 27.4. The van der Waals surface area contributed by atoms with E-state index in [0.717, 1.165) is 51.6 Å². The standard InChI is InChI=1S/C22H16F2N2O3.C14H10N2O4.C12H12O4.C10H8O4/c23-13-2-1-12(18(24)8-13)7-14(27)9-17-21-16-10-15(3-4-19(16)29-22(17)21)28-20-5-6-25-11-26-20;17-14(18)12-11-8-5-7(1-2-9(8)20-13(11)12)19-10-3-4-15-6-16-10;1-2-15-12(14)10-9-7-5-6(13)3-4-8(7)16-11(9)10;11-4-1-2-6-5(3-4)7-8(10(12)13)9(7)14-6/h1-6,8,10-11,17,21-22H,7,9H2;1-6,11-13H,(H,17,18);3-5,9-11,13H,2H2,1H3;1-3,7-9,11H,(H,12,13)/t17-,21-,22+;11-,12-,13-;9-,10-,11-;7-,8-,9-/m0000/s1. The fourth-order valence-electron chi connectivity index (χ4n) is 11.1. The van der Waals surface area contributed by atoms with Gasteiger partial charge in [-0.05, 0) is 91.3 Å². The van der Waals surface area contributed by atoms with Crippen molar-refractivity contribution in [3.8, 4) is 57.8 Å². The number of esters is 1. The van der Waals surface area contributed by atoms with Gasteiger partial charge >= 0.3 is 17.9 Å². The molecule has 5 aromatic carbocycles. The minimum atomic E-state index is -0.825. The molecule has 7 aromatic rings. The van der Waals surface area contributed by atoms with E-state index in [9.17, 15) is 38.2 Å². The van der Waals surface area contributed by atoms with Crippen molar-refractivity contribution >= 4 is 23.7 Å². The zero-order valence-corrected chi connectivity index (χ0v) is 41.5. The second-order valence-electron chi connectivity index (χ2n) is 19.9. The van der Waals surface area contributed by atoms with Gasteiger partial charge in [0, 0.05) is 95.3 Å². The third-order valence-corrected chi connectivity index (χ3v) is 14.9. The van der Waals surface area contributed by atoms with E-state index in [1.54, 1.807) is 80.0 Å². The molecule has 0 amide bonds. The van der Waals surface area contributed by atoms with Crippen LogP contribution in [-0.2, 0) is 30.3 Å². The summed E-state index contributed by atoms with van der Waals surface area (Å²) >= 11 is 0. The first-order chi connectivity index (χ1) is 38.2. The Morgan fingerprint density at radius 3 is 1.51 bits per heavy atom. The zero-order chi connectivity index (χ0) is 54.8. The number of carbonyl (C=O) groups excluding carboxylic acids is 2. The van der Waals surface area contributed by atoms with E-state index in [0.29, 0.717) is 42.0 Å². The molecular weight excluding hydrogens is 1030 g/mol. The molecule has 0 spiro atoms. The molecule has 15 rings (SSSR count). The van der Waals surface area contributed by atoms with Crippen LogP contribution in [0.15, 0.2) is 128 Å². The largest absolute Gasteiger partial charge is 0.508 e. The highest BCUT2D eigenvalue weighted by molar-refractivity contribution is 5.83. The number of fused-ring (bicyclic) bond motifs is 12. The summed E-state index contributed by atoms with van der Waals surface area (Å²) in [4.78, 5) is 61.4. The number of aromatic hydroxyl groups is 2. The van der Waals surface area contributed by atoms with Crippen LogP contribution in [0, 0.1) is 35.3 Å². The number of aliphatic carboxylic acids is 2. The van der Waals surface area contributed by atoms with Crippen LogP contribution in [0.1, 0.15) is 64.8 Å². The molecule has 2 aromatic heterocycles. The van der Waals surface area contributed by atoms with E-state index in [-0.39, 0.29) is 95.2 Å². The van der Waals surface area contributed by atoms with E-state index >= 15 is 0 Å². The average molecular weight is 1080 g/mol. The van der Waals surface area contributed by atoms with Crippen molar-refractivity contribution in [1.82, 2.24) is 19.9 Å². The lowest BCUT2D eigenvalue weighted by atomic mass is 10.0. The van der Waals surface area contributed by atoms with Crippen molar-refractivity contribution in [2.75, 3.05) is 6.61 Å². The van der Waals surface area contributed by atoms with Gasteiger partial charge in [0.1, 0.15) is 118 Å². The molecule has 4 aliphatic heterocycles. The van der Waals surface area contributed by atoms with Crippen LogP contribution in [0.4, 0.5) is 8.78 Å². The Morgan fingerprint density at radius 2 is 1.03 bits per heavy atom. The molecule has 4 fully saturated rings. The number of hydrogen-bond acceptors (Lipinski definition) is 17. The predicted octanol–water partition coefficient (Wildman–Crippen LogP) is 8.43. The molecule has 4 saturated carbocycles. The van der Waals surface area contributed by atoms with Gasteiger partial charge in [-0.25, -0.2) is 28.7 Å². The van der Waals surface area contributed by atoms with Crippen LogP contribution < -0.4 is 28.4 Å². The Balaban J connectivity index is 0.000000110. The maximum absolute atomic E-state index is 13.8. The first-order valence-corrected chi connectivity index (χ1v) is 25.3. The highest BCUT2D eigenvalue weighted by atomic mass is 19.1. The Kier molecular flexibility index (Phi) is 12.9. The van der Waals surface area contributed by atoms with Crippen LogP contribution >= 0.6 is 0 Å². The van der Waals surface area contributed by atoms with Crippen LogP contribution in [-0.4, -0.2) is 95.1 Å². The molecule has 12 atom stereocenters. The minimum Gasteiger partial charge on any atom is -0.508 e. The van der Waals surface area contributed by atoms with E-state index in [1.807, 2.05) is 24.3 Å². The van der Waals surface area contributed by atoms with Crippen molar-refractivity contribution in [3.05, 3.63) is 168 Å². The Labute approximate surface area is 447 Å². The van der Waals surface area contributed by atoms with E-state index in [1.165, 1.54) is 18.7 Å². The fraction of sp³-hybridized carbons (Fsp3) is 0.276. The summed E-state index contributed by atoms with van der Waals surface area (Å²) in [6.45, 7) is 2.18. The van der Waals surface area contributed by atoms with Gasteiger partial charge in [-0.1, -0.05) is 6.07 Å². The molecule has 4 aliphatic carbocycles. The quantitative estimate of drug-likeness (QED) is 0.0836. The lowest BCUT2D eigenvalue weighted by Crippen LogP contribution is -2.13. The van der Waals surface area contributed by atoms with Crippen LogP contribution in [0.5, 0.6) is 57.8 Å². The molecule has 79 heavy (non-hydrogen) atoms. The normalized spacial score (nSPS) is 25.6. The fourth-order valence-corrected chi connectivity index (χ4v) is 11.1. The second kappa shape index (κ2) is 20.2. The smallest absolute Gasteiger partial charge is 0.313 e. The second-order valence-corrected chi connectivity index (χ2v) is 19.9. The molecule has 0 saturated heterocycles. The topological polar surface area (TPSA) is 265 Å². The van der Waals surface area contributed by atoms with Gasteiger partial charge < -0.3 is 53.6 Å². The number of carboxylic acid groups (broad SMARTS) is 2. The maximum atomic E-state index is 13.8. The van der Waals surface area contributed by atoms with Gasteiger partial charge in [0.05, 0.1) is 6.61 Å². The van der Waals surface area contributed by atoms with E-state index in [4.69, 9.17) is 43.4 Å². The molecule has 0 bridgehead atoms. The van der Waals surface area contributed by atoms with Crippen molar-refractivity contribution in [2.24, 2.45) is 23.7 Å². The lowest BCUT2D eigenvalue weighted by molar-refractivity contribution is -0.145. The van der Waals surface area contributed by atoms with Crippen molar-refractivity contribution in [1.29, 1.82) is 0 Å². The lowest BCUT2D eigenvalue weighted by Gasteiger charge is -2.10. The van der Waals surface area contributed by atoms with E-state index < -0.39 is 35.4 Å². The van der Waals surface area contributed by atoms with Gasteiger partial charge in [0.15, 0.2) is 0 Å². The number of halogens is 2. The number of nitrogens with zero attached hydrogens (tertiary/aromatic N) is 4. The number of benzene rings is 5. The molecular formula is C58H46F2N4O15. The number of phenols is 2. The number of carboxylic acids is 2. The summed E-state index contributed by atoms with van der Waals surface area (Å²) in [5.74, 6) is 1.34. The number of ketones is 1. The third kappa shape index (κ3) is 9.98. The average Bonchev–Trinajstić information content (AvgIpc) is 3.39. The molecule has 6 heterocycles. The number of ether oxygens (including phenoxy) is 7. The Morgan fingerprint density at radius 1 is 0.557 bits per heavy atom. The number of Topliss-reactive ketones (excluding diaryl/α,β-unsaturated/α-hetero) is 1. The summed E-state index contributed by atoms with van der Waals surface area (Å²) in [7, 11) is 0. The highest BCUT2D eigenvalue weighted by Gasteiger charge is 2.65. The SMILES string of the molecule is CCOC(=O)[C@@H]1[C@H]2Oc3ccc(O)cc3[C@H]21.O=C(Cc1ccc(F)cc1F)C[C@@H]1[C@H]2Oc3ccc(Oc4ccncn4)cc3[C@@H]12.O=C(O)[C@@H]1[C@H]2Oc3ccc(O)cc3[C@H]21.O=C(O)[C@@H]1[C@H]2Oc3ccc(Oc4ccncn4)cc3[C@H]21. The van der Waals surface area contributed by atoms with Gasteiger partial charge in [0.2, 0.25) is 11.8 Å². The van der Waals surface area contributed by atoms with Gasteiger partial charge in [-0.15, -0.1) is 0 Å². The summed E-state index contributed by atoms with van der Waals surface area (Å²) in [5, 5.41) is 36.5. The first-order valence-electron chi connectivity index (χ1n) is 25.3. The monoisotopic (exact) mass is 1080 g/mol. The summed E-state index contributed by atoms with van der Waals surface area (Å²) in [5.41, 5.74) is 3.86. The number of hydrogen-bond donors (Lipinski definition) is 4. The molecule has 402 valence electrons. The van der Waals surface area contributed by atoms with Crippen LogP contribution in [0.25, 0.3) is 0 Å². The zero-order valence-electron chi connectivity index (χ0n) is 41.5. The van der Waals surface area contributed by atoms with Crippen molar-refractivity contribution < 1.29 is 81.5 Å². The molecule has 0 radical (unpaired) electrons. The maximum Gasteiger partial charge on any atom is 0.313 e. The van der Waals surface area contributed by atoms with Crippen LogP contribution in [0.3, 0.4) is 0 Å². The van der Waals surface area contributed by atoms with Crippen LogP contribution in [0.2, 0.25) is 0 Å². The molecule has 21 heteroatoms. The Bertz CT molecular complexity index is 3560. The number of rotatable bonds is 12. The van der Waals surface area contributed by atoms with Gasteiger partial charge in [-0.3, -0.25) is 19.2 Å². The first kappa shape index (κ1) is 50.4. The van der Waals surface area contributed by atoms with Crippen molar-refractivity contribution in [3.63, 3.8) is 0 Å². The third-order valence-electron chi connectivity index (χ3n) is 14.9. The minimum absolute atomic E-state index is 0.0404. The Hall–Kier alpha value is -9.40. The highest BCUT2D eigenvalue weighted by Crippen LogP contribution is 2.62.